The highest BCUT2D eigenvalue weighted by Crippen LogP contribution is 2.02. The minimum absolute atomic E-state index is 1.11. The fourth-order valence-electron chi connectivity index (χ4n) is 0.935. The van der Waals surface area contributed by atoms with Crippen molar-refractivity contribution in [3.8, 4) is 0 Å². The normalized spacial score (nSPS) is 11.2. The summed E-state index contributed by atoms with van der Waals surface area (Å²) in [6.45, 7) is 6.48. The largest absolute Gasteiger partial charge is 0.0842 e. The first-order valence-electron chi connectivity index (χ1n) is 4.88. The Morgan fingerprint density at radius 1 is 0.833 bits per heavy atom. The lowest BCUT2D eigenvalue weighted by molar-refractivity contribution is 1.18. The zero-order valence-corrected chi connectivity index (χ0v) is 8.51. The van der Waals surface area contributed by atoms with E-state index in [9.17, 15) is 0 Å². The van der Waals surface area contributed by atoms with Gasteiger partial charge in [0.15, 0.2) is 0 Å². The van der Waals surface area contributed by atoms with Gasteiger partial charge in [-0.25, -0.2) is 0 Å². The van der Waals surface area contributed by atoms with Gasteiger partial charge in [0.1, 0.15) is 0 Å². The second-order valence-corrected chi connectivity index (χ2v) is 2.73. The zero-order valence-electron chi connectivity index (χ0n) is 8.51. The Bertz CT molecular complexity index is 154. The molecule has 0 saturated heterocycles. The highest BCUT2D eigenvalue weighted by Gasteiger charge is 1.82. The van der Waals surface area contributed by atoms with Crippen LogP contribution in [-0.4, -0.2) is 0 Å². The molecule has 0 heteroatoms. The van der Waals surface area contributed by atoms with Gasteiger partial charge in [-0.05, 0) is 24.8 Å². The van der Waals surface area contributed by atoms with E-state index < -0.39 is 0 Å². The van der Waals surface area contributed by atoms with Crippen molar-refractivity contribution in [1.82, 2.24) is 0 Å². The van der Waals surface area contributed by atoms with Crippen LogP contribution in [0, 0.1) is 0 Å². The summed E-state index contributed by atoms with van der Waals surface area (Å²) in [4.78, 5) is 0. The van der Waals surface area contributed by atoms with Crippen LogP contribution in [0.4, 0.5) is 0 Å². The second kappa shape index (κ2) is 8.32. The molecule has 0 aliphatic rings. The monoisotopic (exact) mass is 164 g/mol. The van der Waals surface area contributed by atoms with Gasteiger partial charge >= 0.3 is 0 Å². The molecule has 0 heterocycles. The molecule has 0 fully saturated rings. The molecule has 0 aromatic rings. The number of hydrogen-bond acceptors (Lipinski definition) is 0. The highest BCUT2D eigenvalue weighted by atomic mass is 13.9. The van der Waals surface area contributed by atoms with Crippen LogP contribution in [0.1, 0.15) is 40.0 Å². The van der Waals surface area contributed by atoms with E-state index in [4.69, 9.17) is 0 Å². The summed E-state index contributed by atoms with van der Waals surface area (Å²) >= 11 is 0. The van der Waals surface area contributed by atoms with Gasteiger partial charge in [-0.3, -0.25) is 0 Å². The predicted molar refractivity (Wildman–Crippen MR) is 57.2 cm³/mol. The van der Waals surface area contributed by atoms with Gasteiger partial charge in [0.05, 0.1) is 0 Å². The highest BCUT2D eigenvalue weighted by molar-refractivity contribution is 5.30. The maximum Gasteiger partial charge on any atom is -0.0303 e. The molecule has 0 radical (unpaired) electrons. The molecule has 0 rings (SSSR count). The molecule has 0 aromatic carbocycles. The molecule has 0 spiro atoms. The molecule has 0 aliphatic heterocycles. The van der Waals surface area contributed by atoms with Gasteiger partial charge in [-0.15, -0.1) is 0 Å². The topological polar surface area (TPSA) is 0 Å². The van der Waals surface area contributed by atoms with Gasteiger partial charge in [-0.1, -0.05) is 51.2 Å². The van der Waals surface area contributed by atoms with Crippen LogP contribution in [0.2, 0.25) is 0 Å². The quantitative estimate of drug-likeness (QED) is 0.533. The summed E-state index contributed by atoms with van der Waals surface area (Å²) in [6.07, 6.45) is 14.4. The standard InChI is InChI=1S/C12H20/c1-4-7-10-12(9-6-3)11-8-5-2/h7-11H,4-6H2,1-3H3. The third-order valence-corrected chi connectivity index (χ3v) is 1.53. The minimum Gasteiger partial charge on any atom is -0.0842 e. The Labute approximate surface area is 76.7 Å². The van der Waals surface area contributed by atoms with Gasteiger partial charge in [0.2, 0.25) is 0 Å². The van der Waals surface area contributed by atoms with Crippen LogP contribution in [0.3, 0.4) is 0 Å². The number of hydrogen-bond donors (Lipinski definition) is 0. The van der Waals surface area contributed by atoms with Crippen molar-refractivity contribution in [3.05, 3.63) is 36.0 Å². The Balaban J connectivity index is 4.14. The second-order valence-electron chi connectivity index (χ2n) is 2.73. The first-order chi connectivity index (χ1) is 5.85. The summed E-state index contributed by atoms with van der Waals surface area (Å²) in [5.74, 6) is 0. The Morgan fingerprint density at radius 2 is 1.33 bits per heavy atom. The molecule has 0 N–H and O–H groups in total. The maximum atomic E-state index is 2.25. The molecular weight excluding hydrogens is 144 g/mol. The van der Waals surface area contributed by atoms with Crippen molar-refractivity contribution in [3.63, 3.8) is 0 Å². The lowest BCUT2D eigenvalue weighted by Crippen LogP contribution is -1.71. The molecule has 0 aromatic heterocycles. The molecule has 0 nitrogen and oxygen atoms in total. The molecule has 68 valence electrons. The fraction of sp³-hybridized carbons (Fsp3) is 0.500. The number of allylic oxidation sites excluding steroid dienone is 6. The van der Waals surface area contributed by atoms with Gasteiger partial charge < -0.3 is 0 Å². The van der Waals surface area contributed by atoms with Crippen molar-refractivity contribution >= 4 is 0 Å². The Morgan fingerprint density at radius 3 is 1.67 bits per heavy atom. The maximum absolute atomic E-state index is 2.25. The molecule has 0 amide bonds. The molecule has 0 saturated carbocycles. The van der Waals surface area contributed by atoms with Crippen molar-refractivity contribution in [2.75, 3.05) is 0 Å². The van der Waals surface area contributed by atoms with E-state index >= 15 is 0 Å². The van der Waals surface area contributed by atoms with Gasteiger partial charge in [0.25, 0.3) is 0 Å². The lowest BCUT2D eigenvalue weighted by Gasteiger charge is -1.92. The van der Waals surface area contributed by atoms with Crippen LogP contribution < -0.4 is 0 Å². The SMILES string of the molecule is CCC=CC(C=CCC)=CCC. The first-order valence-corrected chi connectivity index (χ1v) is 4.88. The van der Waals surface area contributed by atoms with E-state index in [2.05, 4.69) is 51.2 Å². The zero-order chi connectivity index (χ0) is 9.23. The third-order valence-electron chi connectivity index (χ3n) is 1.53. The van der Waals surface area contributed by atoms with E-state index in [1.54, 1.807) is 0 Å². The molecule has 12 heavy (non-hydrogen) atoms. The number of rotatable bonds is 5. The van der Waals surface area contributed by atoms with Crippen LogP contribution in [0.5, 0.6) is 0 Å². The Kier molecular flexibility index (Phi) is 7.78. The first kappa shape index (κ1) is 11.2. The van der Waals surface area contributed by atoms with Crippen molar-refractivity contribution < 1.29 is 0 Å². The molecular formula is C12H20. The van der Waals surface area contributed by atoms with Crippen molar-refractivity contribution in [1.29, 1.82) is 0 Å². The summed E-state index contributed by atoms with van der Waals surface area (Å²) in [5.41, 5.74) is 1.33. The van der Waals surface area contributed by atoms with Crippen molar-refractivity contribution in [2.45, 2.75) is 40.0 Å². The van der Waals surface area contributed by atoms with E-state index in [0.717, 1.165) is 19.3 Å². The van der Waals surface area contributed by atoms with Crippen LogP contribution >= 0.6 is 0 Å². The molecule has 0 unspecified atom stereocenters. The van der Waals surface area contributed by atoms with E-state index in [1.807, 2.05) is 0 Å². The molecule has 0 aliphatic carbocycles. The van der Waals surface area contributed by atoms with Crippen LogP contribution in [0.15, 0.2) is 36.0 Å². The summed E-state index contributed by atoms with van der Waals surface area (Å²) in [6, 6.07) is 0. The van der Waals surface area contributed by atoms with E-state index in [-0.39, 0.29) is 0 Å². The predicted octanol–water partition coefficient (Wildman–Crippen LogP) is 4.26. The average molecular weight is 164 g/mol. The summed E-state index contributed by atoms with van der Waals surface area (Å²) in [7, 11) is 0. The smallest absolute Gasteiger partial charge is 0.0303 e. The van der Waals surface area contributed by atoms with Gasteiger partial charge in [0, 0.05) is 0 Å². The minimum atomic E-state index is 1.11. The van der Waals surface area contributed by atoms with Crippen LogP contribution in [-0.2, 0) is 0 Å². The molecule has 0 bridgehead atoms. The van der Waals surface area contributed by atoms with E-state index in [0.29, 0.717) is 0 Å². The third kappa shape index (κ3) is 5.96. The lowest BCUT2D eigenvalue weighted by atomic mass is 10.1. The molecule has 0 atom stereocenters. The average Bonchev–Trinajstić information content (AvgIpc) is 2.10. The van der Waals surface area contributed by atoms with Crippen molar-refractivity contribution in [2.24, 2.45) is 0 Å². The summed E-state index contributed by atoms with van der Waals surface area (Å²) < 4.78 is 0. The Hall–Kier alpha value is -0.780. The van der Waals surface area contributed by atoms with Crippen LogP contribution in [0.25, 0.3) is 0 Å². The van der Waals surface area contributed by atoms with E-state index in [1.165, 1.54) is 5.57 Å². The fourth-order valence-corrected chi connectivity index (χ4v) is 0.935. The van der Waals surface area contributed by atoms with Gasteiger partial charge in [-0.2, -0.15) is 0 Å². The summed E-state index contributed by atoms with van der Waals surface area (Å²) in [5, 5.41) is 0.